The molecular formula is C20H32O2Si. The minimum Gasteiger partial charge on any atom is -0.548 e. The van der Waals surface area contributed by atoms with Crippen LogP contribution in [0, 0.1) is 11.8 Å². The molecule has 3 atom stereocenters. The Morgan fingerprint density at radius 2 is 1.83 bits per heavy atom. The van der Waals surface area contributed by atoms with E-state index in [0.717, 1.165) is 18.1 Å². The quantitative estimate of drug-likeness (QED) is 0.597. The lowest BCUT2D eigenvalue weighted by Gasteiger charge is -2.31. The topological polar surface area (TPSA) is 18.5 Å². The summed E-state index contributed by atoms with van der Waals surface area (Å²) >= 11 is 0. The molecule has 2 nitrogen and oxygen atoms in total. The predicted molar refractivity (Wildman–Crippen MR) is 100 cm³/mol. The lowest BCUT2D eigenvalue weighted by Crippen LogP contribution is -2.27. The number of allylic oxidation sites excluding steroid dienone is 2. The summed E-state index contributed by atoms with van der Waals surface area (Å²) in [6, 6.07) is 8.51. The van der Waals surface area contributed by atoms with Crippen LogP contribution in [-0.2, 0) is 4.43 Å². The predicted octanol–water partition coefficient (Wildman–Crippen LogP) is 5.97. The molecule has 23 heavy (non-hydrogen) atoms. The van der Waals surface area contributed by atoms with Gasteiger partial charge in [-0.15, -0.1) is 0 Å². The van der Waals surface area contributed by atoms with Gasteiger partial charge in [-0.1, -0.05) is 26.0 Å². The highest BCUT2D eigenvalue weighted by molar-refractivity contribution is 6.70. The summed E-state index contributed by atoms with van der Waals surface area (Å²) in [5.41, 5.74) is 1.39. The van der Waals surface area contributed by atoms with Crippen LogP contribution in [0.1, 0.15) is 44.6 Å². The Labute approximate surface area is 143 Å². The number of benzene rings is 1. The summed E-state index contributed by atoms with van der Waals surface area (Å²) in [6.45, 7) is 11.5. The molecule has 0 amide bonds. The molecule has 0 heterocycles. The minimum absolute atomic E-state index is 0.556. The zero-order valence-electron chi connectivity index (χ0n) is 15.6. The van der Waals surface area contributed by atoms with E-state index in [1.54, 1.807) is 7.11 Å². The van der Waals surface area contributed by atoms with Crippen LogP contribution in [-0.4, -0.2) is 15.4 Å². The third-order valence-electron chi connectivity index (χ3n) is 4.45. The van der Waals surface area contributed by atoms with Crippen molar-refractivity contribution in [2.24, 2.45) is 11.8 Å². The van der Waals surface area contributed by atoms with Gasteiger partial charge in [-0.05, 0) is 74.0 Å². The molecule has 1 unspecified atom stereocenters. The van der Waals surface area contributed by atoms with E-state index in [1.807, 2.05) is 0 Å². The molecule has 0 radical (unpaired) electrons. The fraction of sp³-hybridized carbons (Fsp3) is 0.600. The van der Waals surface area contributed by atoms with E-state index in [1.165, 1.54) is 24.2 Å². The van der Waals surface area contributed by atoms with E-state index >= 15 is 0 Å². The van der Waals surface area contributed by atoms with Gasteiger partial charge in [0.2, 0.25) is 8.32 Å². The van der Waals surface area contributed by atoms with Gasteiger partial charge in [0.25, 0.3) is 0 Å². The molecule has 0 aliphatic heterocycles. The Morgan fingerprint density at radius 1 is 1.17 bits per heavy atom. The summed E-state index contributed by atoms with van der Waals surface area (Å²) in [5, 5.41) is 0. The fourth-order valence-corrected chi connectivity index (χ4v) is 4.44. The number of hydrogen-bond acceptors (Lipinski definition) is 2. The van der Waals surface area contributed by atoms with Crippen LogP contribution < -0.4 is 4.74 Å². The molecule has 1 aliphatic carbocycles. The largest absolute Gasteiger partial charge is 0.548 e. The molecule has 0 spiro atoms. The van der Waals surface area contributed by atoms with Crippen molar-refractivity contribution >= 4 is 8.32 Å². The number of methoxy groups -OCH3 is 1. The standard InChI is InChI=1S/C20H32O2Si/c1-15-11-17(14-20(12-15)22-23(4,5)6)13-16(2)18-7-9-19(21-3)10-8-18/h7-10,14-17H,11-13H2,1-6H3/t15-,16-,17?/m1/s1. The second kappa shape index (κ2) is 7.56. The molecule has 3 heteroatoms. The van der Waals surface area contributed by atoms with Crippen molar-refractivity contribution in [2.45, 2.75) is 58.7 Å². The second-order valence-corrected chi connectivity index (χ2v) is 12.5. The first kappa shape index (κ1) is 18.1. The van der Waals surface area contributed by atoms with Crippen LogP contribution in [0.5, 0.6) is 5.75 Å². The van der Waals surface area contributed by atoms with Crippen LogP contribution in [0.25, 0.3) is 0 Å². The molecule has 0 bridgehead atoms. The fourth-order valence-electron chi connectivity index (χ4n) is 3.50. The van der Waals surface area contributed by atoms with Crippen LogP contribution in [0.4, 0.5) is 0 Å². The number of hydrogen-bond donors (Lipinski definition) is 0. The zero-order chi connectivity index (χ0) is 17.0. The van der Waals surface area contributed by atoms with Gasteiger partial charge in [-0.3, -0.25) is 0 Å². The summed E-state index contributed by atoms with van der Waals surface area (Å²) < 4.78 is 11.5. The molecule has 0 N–H and O–H groups in total. The van der Waals surface area contributed by atoms with Crippen LogP contribution in [0.2, 0.25) is 19.6 Å². The zero-order valence-corrected chi connectivity index (χ0v) is 16.6. The smallest absolute Gasteiger partial charge is 0.241 e. The molecule has 1 aliphatic rings. The maximum absolute atomic E-state index is 6.28. The summed E-state index contributed by atoms with van der Waals surface area (Å²) in [5.74, 6) is 4.08. The molecule has 2 rings (SSSR count). The van der Waals surface area contributed by atoms with E-state index in [4.69, 9.17) is 9.16 Å². The number of ether oxygens (including phenoxy) is 1. The third-order valence-corrected chi connectivity index (χ3v) is 5.33. The van der Waals surface area contributed by atoms with Crippen molar-refractivity contribution in [1.29, 1.82) is 0 Å². The molecule has 0 fully saturated rings. The Balaban J connectivity index is 2.03. The third kappa shape index (κ3) is 5.72. The Kier molecular flexibility index (Phi) is 5.96. The van der Waals surface area contributed by atoms with E-state index in [2.05, 4.69) is 63.8 Å². The van der Waals surface area contributed by atoms with Crippen LogP contribution in [0.3, 0.4) is 0 Å². The van der Waals surface area contributed by atoms with Gasteiger partial charge < -0.3 is 9.16 Å². The molecule has 0 saturated heterocycles. The Hall–Kier alpha value is -1.22. The summed E-state index contributed by atoms with van der Waals surface area (Å²) in [7, 11) is 0.215. The van der Waals surface area contributed by atoms with Crippen molar-refractivity contribution in [1.82, 2.24) is 0 Å². The van der Waals surface area contributed by atoms with E-state index in [9.17, 15) is 0 Å². The Bertz CT molecular complexity index is 528. The molecule has 1 aromatic rings. The first-order valence-corrected chi connectivity index (χ1v) is 12.2. The van der Waals surface area contributed by atoms with Crippen molar-refractivity contribution in [3.05, 3.63) is 41.7 Å². The molecule has 0 aromatic heterocycles. The van der Waals surface area contributed by atoms with Crippen LogP contribution in [0.15, 0.2) is 36.1 Å². The van der Waals surface area contributed by atoms with Crippen molar-refractivity contribution in [2.75, 3.05) is 7.11 Å². The summed E-state index contributed by atoms with van der Waals surface area (Å²) in [6.07, 6.45) is 5.99. The first-order valence-electron chi connectivity index (χ1n) is 8.80. The maximum Gasteiger partial charge on any atom is 0.241 e. The first-order chi connectivity index (χ1) is 10.8. The second-order valence-electron chi connectivity index (χ2n) is 8.06. The molecule has 0 saturated carbocycles. The SMILES string of the molecule is COc1ccc([C@H](C)CC2C=C(O[Si](C)(C)C)C[C@H](C)C2)cc1. The van der Waals surface area contributed by atoms with Gasteiger partial charge in [0.05, 0.1) is 12.9 Å². The van der Waals surface area contributed by atoms with Gasteiger partial charge in [0.1, 0.15) is 5.75 Å². The van der Waals surface area contributed by atoms with Gasteiger partial charge >= 0.3 is 0 Å². The monoisotopic (exact) mass is 332 g/mol. The number of rotatable bonds is 6. The molecular weight excluding hydrogens is 300 g/mol. The maximum atomic E-state index is 6.28. The minimum atomic E-state index is -1.50. The van der Waals surface area contributed by atoms with E-state index in [-0.39, 0.29) is 0 Å². The lowest BCUT2D eigenvalue weighted by atomic mass is 9.80. The Morgan fingerprint density at radius 3 is 2.39 bits per heavy atom. The average molecular weight is 333 g/mol. The van der Waals surface area contributed by atoms with Gasteiger partial charge in [-0.2, -0.15) is 0 Å². The van der Waals surface area contributed by atoms with Crippen molar-refractivity contribution in [3.8, 4) is 5.75 Å². The van der Waals surface area contributed by atoms with Gasteiger partial charge in [0, 0.05) is 6.42 Å². The highest BCUT2D eigenvalue weighted by Crippen LogP contribution is 2.36. The van der Waals surface area contributed by atoms with Crippen LogP contribution >= 0.6 is 0 Å². The van der Waals surface area contributed by atoms with Gasteiger partial charge in [0.15, 0.2) is 0 Å². The van der Waals surface area contributed by atoms with Crippen molar-refractivity contribution < 1.29 is 9.16 Å². The molecule has 128 valence electrons. The van der Waals surface area contributed by atoms with E-state index in [0.29, 0.717) is 11.8 Å². The average Bonchev–Trinajstić information content (AvgIpc) is 2.44. The van der Waals surface area contributed by atoms with Gasteiger partial charge in [-0.25, -0.2) is 0 Å². The van der Waals surface area contributed by atoms with E-state index < -0.39 is 8.32 Å². The highest BCUT2D eigenvalue weighted by Gasteiger charge is 2.25. The lowest BCUT2D eigenvalue weighted by molar-refractivity contribution is 0.299. The highest BCUT2D eigenvalue weighted by atomic mass is 28.4. The normalized spacial score (nSPS) is 23.1. The summed E-state index contributed by atoms with van der Waals surface area (Å²) in [4.78, 5) is 0. The van der Waals surface area contributed by atoms with Crippen molar-refractivity contribution in [3.63, 3.8) is 0 Å². The molecule has 1 aromatic carbocycles.